The van der Waals surface area contributed by atoms with Gasteiger partial charge in [-0.2, -0.15) is 0 Å². The van der Waals surface area contributed by atoms with Crippen LogP contribution in [0.2, 0.25) is 0 Å². The molecule has 3 aromatic rings. The summed E-state index contributed by atoms with van der Waals surface area (Å²) in [5.41, 5.74) is 2.99. The number of aryl methyl sites for hydroxylation is 1. The summed E-state index contributed by atoms with van der Waals surface area (Å²) in [6.07, 6.45) is 0. The van der Waals surface area contributed by atoms with Crippen molar-refractivity contribution in [2.24, 2.45) is 0 Å². The van der Waals surface area contributed by atoms with Crippen molar-refractivity contribution >= 4 is 39.1 Å². The largest absolute Gasteiger partial charge is 0.507 e. The first-order chi connectivity index (χ1) is 14.0. The molecule has 1 saturated heterocycles. The summed E-state index contributed by atoms with van der Waals surface area (Å²) in [4.78, 5) is 27.5. The molecule has 1 atom stereocenters. The smallest absolute Gasteiger partial charge is 0.300 e. The van der Waals surface area contributed by atoms with Crippen molar-refractivity contribution in [1.82, 2.24) is 0 Å². The lowest BCUT2D eigenvalue weighted by Gasteiger charge is -2.25. The molecule has 0 bridgehead atoms. The molecule has 1 fully saturated rings. The summed E-state index contributed by atoms with van der Waals surface area (Å²) >= 11 is 3.43. The molecular formula is C24H18BrNO3. The minimum Gasteiger partial charge on any atom is -0.507 e. The van der Waals surface area contributed by atoms with E-state index < -0.39 is 17.7 Å². The van der Waals surface area contributed by atoms with E-state index in [4.69, 9.17) is 0 Å². The standard InChI is InChI=1S/C24H18BrNO3/c1-15-10-12-16(13-11-15)21-20(22(27)17-6-3-2-4-7-17)23(28)24(29)26(21)19-9-5-8-18(25)14-19/h2-14,21,27H,1H3/b22-20+/t21-/m0/s1. The van der Waals surface area contributed by atoms with Gasteiger partial charge in [0.05, 0.1) is 11.6 Å². The third-order valence-corrected chi connectivity index (χ3v) is 5.46. The van der Waals surface area contributed by atoms with Crippen molar-refractivity contribution in [2.45, 2.75) is 13.0 Å². The van der Waals surface area contributed by atoms with Crippen molar-refractivity contribution in [3.8, 4) is 0 Å². The third kappa shape index (κ3) is 3.49. The van der Waals surface area contributed by atoms with Crippen LogP contribution in [0, 0.1) is 6.92 Å². The van der Waals surface area contributed by atoms with Crippen LogP contribution in [0.5, 0.6) is 0 Å². The number of aliphatic hydroxyl groups is 1. The highest BCUT2D eigenvalue weighted by molar-refractivity contribution is 9.10. The number of aliphatic hydroxyl groups excluding tert-OH is 1. The molecule has 29 heavy (non-hydrogen) atoms. The maximum atomic E-state index is 13.0. The van der Waals surface area contributed by atoms with Crippen LogP contribution in [0.1, 0.15) is 22.7 Å². The normalized spacial score (nSPS) is 18.3. The van der Waals surface area contributed by atoms with Gasteiger partial charge in [0.2, 0.25) is 0 Å². The first kappa shape index (κ1) is 19.2. The van der Waals surface area contributed by atoms with Gasteiger partial charge < -0.3 is 5.11 Å². The zero-order valence-corrected chi connectivity index (χ0v) is 17.3. The molecule has 1 amide bonds. The van der Waals surface area contributed by atoms with Crippen molar-refractivity contribution in [3.05, 3.63) is 106 Å². The maximum Gasteiger partial charge on any atom is 0.300 e. The topological polar surface area (TPSA) is 57.6 Å². The van der Waals surface area contributed by atoms with Crippen molar-refractivity contribution in [3.63, 3.8) is 0 Å². The third-order valence-electron chi connectivity index (χ3n) is 4.97. The molecule has 1 N–H and O–H groups in total. The molecule has 3 aromatic carbocycles. The number of halogens is 1. The van der Waals surface area contributed by atoms with Crippen molar-refractivity contribution < 1.29 is 14.7 Å². The molecular weight excluding hydrogens is 430 g/mol. The quantitative estimate of drug-likeness (QED) is 0.332. The van der Waals surface area contributed by atoms with Gasteiger partial charge in [0.1, 0.15) is 5.76 Å². The molecule has 1 aliphatic heterocycles. The number of carbonyl (C=O) groups excluding carboxylic acids is 2. The number of benzene rings is 3. The van der Waals surface area contributed by atoms with Crippen molar-refractivity contribution in [1.29, 1.82) is 0 Å². The lowest BCUT2D eigenvalue weighted by Crippen LogP contribution is -2.29. The summed E-state index contributed by atoms with van der Waals surface area (Å²) in [6.45, 7) is 1.97. The molecule has 1 aliphatic rings. The van der Waals surface area contributed by atoms with Crippen LogP contribution in [0.25, 0.3) is 5.76 Å². The molecule has 1 heterocycles. The lowest BCUT2D eigenvalue weighted by atomic mass is 9.94. The number of anilines is 1. The second kappa shape index (κ2) is 7.68. The van der Waals surface area contributed by atoms with Crippen LogP contribution < -0.4 is 4.90 Å². The van der Waals surface area contributed by atoms with Crippen LogP contribution in [0.3, 0.4) is 0 Å². The Morgan fingerprint density at radius 3 is 2.28 bits per heavy atom. The summed E-state index contributed by atoms with van der Waals surface area (Å²) in [7, 11) is 0. The Bertz CT molecular complexity index is 1120. The van der Waals surface area contributed by atoms with E-state index in [2.05, 4.69) is 15.9 Å². The second-order valence-electron chi connectivity index (χ2n) is 6.93. The molecule has 0 unspecified atom stereocenters. The Morgan fingerprint density at radius 2 is 1.62 bits per heavy atom. The minimum atomic E-state index is -0.717. The van der Waals surface area contributed by atoms with Crippen LogP contribution in [-0.2, 0) is 9.59 Å². The SMILES string of the molecule is Cc1ccc([C@H]2/C(=C(\O)c3ccccc3)C(=O)C(=O)N2c2cccc(Br)c2)cc1. The van der Waals surface area contributed by atoms with Gasteiger partial charge in [0, 0.05) is 15.7 Å². The van der Waals surface area contributed by atoms with E-state index in [0.717, 1.165) is 15.6 Å². The fraction of sp³-hybridized carbons (Fsp3) is 0.0833. The minimum absolute atomic E-state index is 0.0880. The van der Waals surface area contributed by atoms with E-state index in [-0.39, 0.29) is 11.3 Å². The Kier molecular flexibility index (Phi) is 5.07. The molecule has 0 aliphatic carbocycles. The number of nitrogens with zero attached hydrogens (tertiary/aromatic N) is 1. The lowest BCUT2D eigenvalue weighted by molar-refractivity contribution is -0.132. The van der Waals surface area contributed by atoms with Gasteiger partial charge in [-0.15, -0.1) is 0 Å². The predicted molar refractivity (Wildman–Crippen MR) is 117 cm³/mol. The zero-order valence-electron chi connectivity index (χ0n) is 15.7. The summed E-state index contributed by atoms with van der Waals surface area (Å²) in [5, 5.41) is 11.0. The van der Waals surface area contributed by atoms with Gasteiger partial charge >= 0.3 is 0 Å². The maximum absolute atomic E-state index is 13.0. The van der Waals surface area contributed by atoms with Crippen LogP contribution in [-0.4, -0.2) is 16.8 Å². The van der Waals surface area contributed by atoms with E-state index in [9.17, 15) is 14.7 Å². The van der Waals surface area contributed by atoms with Crippen LogP contribution >= 0.6 is 15.9 Å². The van der Waals surface area contributed by atoms with Gasteiger partial charge in [-0.1, -0.05) is 82.2 Å². The Labute approximate surface area is 177 Å². The number of hydrogen-bond donors (Lipinski definition) is 1. The zero-order chi connectivity index (χ0) is 20.5. The van der Waals surface area contributed by atoms with Crippen molar-refractivity contribution in [2.75, 3.05) is 4.90 Å². The van der Waals surface area contributed by atoms with E-state index in [1.165, 1.54) is 4.90 Å². The molecule has 0 saturated carbocycles. The highest BCUT2D eigenvalue weighted by Crippen LogP contribution is 2.42. The van der Waals surface area contributed by atoms with Crippen LogP contribution in [0.15, 0.2) is 88.9 Å². The predicted octanol–water partition coefficient (Wildman–Crippen LogP) is 5.38. The Balaban J connectivity index is 1.96. The number of rotatable bonds is 3. The Hall–Kier alpha value is -3.18. The first-order valence-corrected chi connectivity index (χ1v) is 9.95. The number of hydrogen-bond acceptors (Lipinski definition) is 3. The number of ketones is 1. The van der Waals surface area contributed by atoms with E-state index in [1.807, 2.05) is 49.4 Å². The van der Waals surface area contributed by atoms with Gasteiger partial charge in [0.15, 0.2) is 0 Å². The van der Waals surface area contributed by atoms with Crippen LogP contribution in [0.4, 0.5) is 5.69 Å². The number of Topliss-reactive ketones (excluding diaryl/α,β-unsaturated/α-hetero) is 1. The molecule has 0 aromatic heterocycles. The molecule has 144 valence electrons. The summed E-state index contributed by atoms with van der Waals surface area (Å²) in [5.74, 6) is -1.53. The highest BCUT2D eigenvalue weighted by atomic mass is 79.9. The fourth-order valence-electron chi connectivity index (χ4n) is 3.54. The first-order valence-electron chi connectivity index (χ1n) is 9.16. The van der Waals surface area contributed by atoms with E-state index in [1.54, 1.807) is 36.4 Å². The average Bonchev–Trinajstić information content (AvgIpc) is 2.99. The molecule has 0 radical (unpaired) electrons. The second-order valence-corrected chi connectivity index (χ2v) is 7.84. The molecule has 4 rings (SSSR count). The van der Waals surface area contributed by atoms with E-state index >= 15 is 0 Å². The molecule has 4 nitrogen and oxygen atoms in total. The monoisotopic (exact) mass is 447 g/mol. The molecule has 5 heteroatoms. The highest BCUT2D eigenvalue weighted by Gasteiger charge is 2.46. The summed E-state index contributed by atoms with van der Waals surface area (Å²) in [6, 6.07) is 22.9. The van der Waals surface area contributed by atoms with Gasteiger partial charge in [-0.05, 0) is 30.7 Å². The average molecular weight is 448 g/mol. The van der Waals surface area contributed by atoms with Gasteiger partial charge in [-0.3, -0.25) is 14.5 Å². The molecule has 0 spiro atoms. The van der Waals surface area contributed by atoms with Gasteiger partial charge in [-0.25, -0.2) is 0 Å². The van der Waals surface area contributed by atoms with E-state index in [0.29, 0.717) is 11.3 Å². The Morgan fingerprint density at radius 1 is 0.931 bits per heavy atom. The van der Waals surface area contributed by atoms with Gasteiger partial charge in [0.25, 0.3) is 11.7 Å². The fourth-order valence-corrected chi connectivity index (χ4v) is 3.93. The number of carbonyl (C=O) groups is 2. The summed E-state index contributed by atoms with van der Waals surface area (Å²) < 4.78 is 0.794. The number of amides is 1.